The van der Waals surface area contributed by atoms with E-state index < -0.39 is 9.84 Å². The van der Waals surface area contributed by atoms with Crippen LogP contribution in [0, 0.1) is 11.8 Å². The molecule has 0 radical (unpaired) electrons. The second-order valence-electron chi connectivity index (χ2n) is 7.54. The number of hydrogen-bond donors (Lipinski definition) is 0. The van der Waals surface area contributed by atoms with E-state index in [-0.39, 0.29) is 5.92 Å². The van der Waals surface area contributed by atoms with Gasteiger partial charge in [-0.2, -0.15) is 0 Å². The molecule has 2 aliphatic rings. The SMILES string of the molecule is CN(CC1CCN(c2ccc(S(C)(=O)=O)cc2)CC1)C(=O)C1CCC1. The van der Waals surface area contributed by atoms with Crippen LogP contribution in [0.5, 0.6) is 0 Å². The van der Waals surface area contributed by atoms with Crippen molar-refractivity contribution in [3.05, 3.63) is 24.3 Å². The highest BCUT2D eigenvalue weighted by atomic mass is 32.2. The number of carbonyl (C=O) groups is 1. The van der Waals surface area contributed by atoms with Gasteiger partial charge in [-0.1, -0.05) is 6.42 Å². The molecule has 1 aliphatic carbocycles. The first-order valence-electron chi connectivity index (χ1n) is 9.14. The number of carbonyl (C=O) groups excluding carboxylic acids is 1. The number of anilines is 1. The summed E-state index contributed by atoms with van der Waals surface area (Å²) in [5.74, 6) is 1.16. The Morgan fingerprint density at radius 1 is 1.12 bits per heavy atom. The van der Waals surface area contributed by atoms with Crippen molar-refractivity contribution in [1.29, 1.82) is 0 Å². The van der Waals surface area contributed by atoms with Gasteiger partial charge in [-0.05, 0) is 55.9 Å². The van der Waals surface area contributed by atoms with E-state index in [1.54, 1.807) is 12.1 Å². The third-order valence-electron chi connectivity index (χ3n) is 5.61. The van der Waals surface area contributed by atoms with Crippen molar-refractivity contribution in [2.45, 2.75) is 37.0 Å². The summed E-state index contributed by atoms with van der Waals surface area (Å²) in [7, 11) is -1.20. The third-order valence-corrected chi connectivity index (χ3v) is 6.74. The van der Waals surface area contributed by atoms with Crippen LogP contribution in [-0.2, 0) is 14.6 Å². The first kappa shape index (κ1) is 18.2. The van der Waals surface area contributed by atoms with Crippen molar-refractivity contribution in [2.75, 3.05) is 37.8 Å². The lowest BCUT2D eigenvalue weighted by Crippen LogP contribution is -2.42. The minimum absolute atomic E-state index is 0.276. The van der Waals surface area contributed by atoms with Gasteiger partial charge in [-0.25, -0.2) is 8.42 Å². The predicted molar refractivity (Wildman–Crippen MR) is 99.5 cm³/mol. The molecule has 6 heteroatoms. The first-order chi connectivity index (χ1) is 11.8. The van der Waals surface area contributed by atoms with Gasteiger partial charge in [0.25, 0.3) is 0 Å². The van der Waals surface area contributed by atoms with E-state index in [4.69, 9.17) is 0 Å². The molecule has 0 atom stereocenters. The highest BCUT2D eigenvalue weighted by Crippen LogP contribution is 2.29. The second kappa shape index (κ2) is 7.36. The quantitative estimate of drug-likeness (QED) is 0.806. The molecule has 0 N–H and O–H groups in total. The lowest BCUT2D eigenvalue weighted by molar-refractivity contribution is -0.137. The second-order valence-corrected chi connectivity index (χ2v) is 9.56. The molecule has 0 unspecified atom stereocenters. The summed E-state index contributed by atoms with van der Waals surface area (Å²) in [6.45, 7) is 2.76. The van der Waals surface area contributed by atoms with E-state index in [0.717, 1.165) is 51.0 Å². The molecular weight excluding hydrogens is 336 g/mol. The lowest BCUT2D eigenvalue weighted by atomic mass is 9.84. The number of benzene rings is 1. The molecule has 1 aliphatic heterocycles. The zero-order chi connectivity index (χ0) is 18.0. The molecule has 0 aromatic heterocycles. The van der Waals surface area contributed by atoms with Gasteiger partial charge in [0.2, 0.25) is 5.91 Å². The molecule has 1 heterocycles. The van der Waals surface area contributed by atoms with Gasteiger partial charge in [-0.3, -0.25) is 4.79 Å². The van der Waals surface area contributed by atoms with E-state index in [0.29, 0.717) is 16.7 Å². The Labute approximate surface area is 150 Å². The molecular formula is C19H28N2O3S. The molecule has 2 fully saturated rings. The molecule has 5 nitrogen and oxygen atoms in total. The third kappa shape index (κ3) is 4.35. The molecule has 25 heavy (non-hydrogen) atoms. The van der Waals surface area contributed by atoms with Crippen LogP contribution in [0.1, 0.15) is 32.1 Å². The maximum Gasteiger partial charge on any atom is 0.225 e. The average molecular weight is 365 g/mol. The van der Waals surface area contributed by atoms with Gasteiger partial charge >= 0.3 is 0 Å². The van der Waals surface area contributed by atoms with Crippen LogP contribution < -0.4 is 4.90 Å². The maximum absolute atomic E-state index is 12.3. The minimum Gasteiger partial charge on any atom is -0.372 e. The molecule has 1 saturated carbocycles. The molecule has 138 valence electrons. The fourth-order valence-electron chi connectivity index (χ4n) is 3.72. The van der Waals surface area contributed by atoms with Crippen molar-refractivity contribution in [3.63, 3.8) is 0 Å². The normalized spacial score (nSPS) is 19.5. The fourth-order valence-corrected chi connectivity index (χ4v) is 4.35. The van der Waals surface area contributed by atoms with E-state index in [1.165, 1.54) is 12.7 Å². The summed E-state index contributed by atoms with van der Waals surface area (Å²) in [5.41, 5.74) is 1.07. The van der Waals surface area contributed by atoms with Crippen LogP contribution in [-0.4, -0.2) is 52.2 Å². The number of sulfone groups is 1. The average Bonchev–Trinajstić information content (AvgIpc) is 2.53. The first-order valence-corrected chi connectivity index (χ1v) is 11.0. The monoisotopic (exact) mass is 364 g/mol. The van der Waals surface area contributed by atoms with Crippen LogP contribution in [0.3, 0.4) is 0 Å². The standard InChI is InChI=1S/C19H28N2O3S/c1-20(19(22)16-4-3-5-16)14-15-10-12-21(13-11-15)17-6-8-18(9-7-17)25(2,23)24/h6-9,15-16H,3-5,10-14H2,1-2H3. The van der Waals surface area contributed by atoms with Crippen LogP contribution in [0.4, 0.5) is 5.69 Å². The van der Waals surface area contributed by atoms with Gasteiger partial charge in [-0.15, -0.1) is 0 Å². The Balaban J connectivity index is 1.50. The van der Waals surface area contributed by atoms with Crippen LogP contribution in [0.15, 0.2) is 29.2 Å². The van der Waals surface area contributed by atoms with E-state index in [2.05, 4.69) is 4.90 Å². The number of amides is 1. The van der Waals surface area contributed by atoms with Gasteiger partial charge in [0.15, 0.2) is 9.84 Å². The van der Waals surface area contributed by atoms with E-state index >= 15 is 0 Å². The van der Waals surface area contributed by atoms with Crippen molar-refractivity contribution in [1.82, 2.24) is 4.90 Å². The van der Waals surface area contributed by atoms with E-state index in [1.807, 2.05) is 24.1 Å². The summed E-state index contributed by atoms with van der Waals surface area (Å²) >= 11 is 0. The number of piperidine rings is 1. The lowest BCUT2D eigenvalue weighted by Gasteiger charge is -2.36. The summed E-state index contributed by atoms with van der Waals surface area (Å²) in [4.78, 5) is 16.9. The Morgan fingerprint density at radius 3 is 2.20 bits per heavy atom. The zero-order valence-corrected chi connectivity index (χ0v) is 16.0. The molecule has 1 aromatic carbocycles. The summed E-state index contributed by atoms with van der Waals surface area (Å²) in [6, 6.07) is 7.15. The minimum atomic E-state index is -3.14. The fraction of sp³-hybridized carbons (Fsp3) is 0.632. The molecule has 1 saturated heterocycles. The molecule has 1 aromatic rings. The smallest absolute Gasteiger partial charge is 0.225 e. The molecule has 1 amide bonds. The van der Waals surface area contributed by atoms with E-state index in [9.17, 15) is 13.2 Å². The highest BCUT2D eigenvalue weighted by Gasteiger charge is 2.29. The summed E-state index contributed by atoms with van der Waals surface area (Å²) in [6.07, 6.45) is 6.68. The summed E-state index contributed by atoms with van der Waals surface area (Å²) < 4.78 is 23.1. The van der Waals surface area contributed by atoms with Gasteiger partial charge < -0.3 is 9.80 Å². The summed E-state index contributed by atoms with van der Waals surface area (Å²) in [5, 5.41) is 0. The molecule has 3 rings (SSSR count). The number of rotatable bonds is 5. The van der Waals surface area contributed by atoms with Crippen molar-refractivity contribution < 1.29 is 13.2 Å². The number of nitrogens with zero attached hydrogens (tertiary/aromatic N) is 2. The Morgan fingerprint density at radius 2 is 1.72 bits per heavy atom. The van der Waals surface area contributed by atoms with Crippen molar-refractivity contribution in [2.24, 2.45) is 11.8 Å². The Bertz CT molecular complexity index is 703. The number of hydrogen-bond acceptors (Lipinski definition) is 4. The van der Waals surface area contributed by atoms with Crippen LogP contribution in [0.2, 0.25) is 0 Å². The Hall–Kier alpha value is -1.56. The van der Waals surface area contributed by atoms with Gasteiger partial charge in [0.05, 0.1) is 4.90 Å². The van der Waals surface area contributed by atoms with Gasteiger partial charge in [0, 0.05) is 44.5 Å². The largest absolute Gasteiger partial charge is 0.372 e. The van der Waals surface area contributed by atoms with Crippen molar-refractivity contribution >= 4 is 21.4 Å². The zero-order valence-electron chi connectivity index (χ0n) is 15.1. The van der Waals surface area contributed by atoms with Gasteiger partial charge in [0.1, 0.15) is 0 Å². The van der Waals surface area contributed by atoms with Crippen LogP contribution in [0.25, 0.3) is 0 Å². The molecule has 0 spiro atoms. The molecule has 0 bridgehead atoms. The van der Waals surface area contributed by atoms with Crippen molar-refractivity contribution in [3.8, 4) is 0 Å². The maximum atomic E-state index is 12.3. The predicted octanol–water partition coefficient (Wildman–Crippen LogP) is 2.57. The topological polar surface area (TPSA) is 57.7 Å². The highest BCUT2D eigenvalue weighted by molar-refractivity contribution is 7.90. The Kier molecular flexibility index (Phi) is 5.37. The van der Waals surface area contributed by atoms with Crippen LogP contribution >= 0.6 is 0 Å².